The lowest BCUT2D eigenvalue weighted by Gasteiger charge is -2.22. The van der Waals surface area contributed by atoms with Gasteiger partial charge in [-0.05, 0) is 71.8 Å². The summed E-state index contributed by atoms with van der Waals surface area (Å²) in [5.41, 5.74) is 3.87. The highest BCUT2D eigenvalue weighted by Crippen LogP contribution is 2.35. The minimum Gasteiger partial charge on any atom is -0.497 e. The van der Waals surface area contributed by atoms with Crippen molar-refractivity contribution in [1.82, 2.24) is 25.1 Å². The van der Waals surface area contributed by atoms with E-state index in [0.29, 0.717) is 34.4 Å². The Morgan fingerprint density at radius 2 is 1.48 bits per heavy atom. The van der Waals surface area contributed by atoms with Gasteiger partial charge >= 0.3 is 0 Å². The first-order chi connectivity index (χ1) is 23.5. The molecule has 5 aromatic rings. The minimum atomic E-state index is -0.308. The van der Waals surface area contributed by atoms with E-state index in [2.05, 4.69) is 15.5 Å². The van der Waals surface area contributed by atoms with E-state index in [1.165, 1.54) is 11.8 Å². The Morgan fingerprint density at radius 3 is 2.17 bits per heavy atom. The molecule has 0 unspecified atom stereocenters. The van der Waals surface area contributed by atoms with Crippen molar-refractivity contribution < 1.29 is 23.8 Å². The maximum absolute atomic E-state index is 14.0. The molecule has 48 heavy (non-hydrogen) atoms. The lowest BCUT2D eigenvalue weighted by Crippen LogP contribution is -2.28. The molecule has 1 atom stereocenters. The van der Waals surface area contributed by atoms with Crippen molar-refractivity contribution in [1.29, 1.82) is 0 Å². The summed E-state index contributed by atoms with van der Waals surface area (Å²) >= 11 is 1.24. The number of thioether (sulfide) groups is 1. The van der Waals surface area contributed by atoms with Gasteiger partial charge in [0.25, 0.3) is 11.8 Å². The first-order valence-electron chi connectivity index (χ1n) is 15.2. The fourth-order valence-corrected chi connectivity index (χ4v) is 6.21. The van der Waals surface area contributed by atoms with Crippen LogP contribution < -0.4 is 19.5 Å². The number of rotatable bonds is 12. The summed E-state index contributed by atoms with van der Waals surface area (Å²) < 4.78 is 18.1. The van der Waals surface area contributed by atoms with Crippen LogP contribution in [0, 0.1) is 0 Å². The summed E-state index contributed by atoms with van der Waals surface area (Å²) in [4.78, 5) is 26.8. The van der Waals surface area contributed by atoms with Crippen LogP contribution in [0.1, 0.15) is 39.8 Å². The number of nitrogens with one attached hydrogen (secondary N) is 1. The van der Waals surface area contributed by atoms with Crippen molar-refractivity contribution in [2.45, 2.75) is 24.2 Å². The Hall–Kier alpha value is -5.62. The monoisotopic (exact) mass is 662 g/mol. The Morgan fingerprint density at radius 1 is 0.812 bits per heavy atom. The third kappa shape index (κ3) is 7.03. The Kier molecular flexibility index (Phi) is 10.0. The molecule has 0 aliphatic carbocycles. The molecule has 2 amide bonds. The molecule has 4 aromatic carbocycles. The molecule has 0 saturated carbocycles. The predicted molar refractivity (Wildman–Crippen MR) is 183 cm³/mol. The predicted octanol–water partition coefficient (Wildman–Crippen LogP) is 5.69. The zero-order valence-electron chi connectivity index (χ0n) is 26.7. The SMILES string of the molecule is COc1ccc(C2=NN(C(=O)CSc3nnc(CNC(=O)c4ccccc4)n3-c3ccccc3OC)[C@@H](c3ccc(OC)cc3)C2)cc1. The number of aromatic nitrogens is 3. The number of hydrazone groups is 1. The topological polar surface area (TPSA) is 120 Å². The summed E-state index contributed by atoms with van der Waals surface area (Å²) in [6, 6.07) is 31.4. The molecule has 1 aliphatic rings. The average Bonchev–Trinajstić information content (AvgIpc) is 3.78. The lowest BCUT2D eigenvalue weighted by molar-refractivity contribution is -0.130. The highest BCUT2D eigenvalue weighted by molar-refractivity contribution is 7.99. The van der Waals surface area contributed by atoms with Crippen molar-refractivity contribution in [3.8, 4) is 22.9 Å². The van der Waals surface area contributed by atoms with Gasteiger partial charge in [-0.25, -0.2) is 5.01 Å². The van der Waals surface area contributed by atoms with Crippen molar-refractivity contribution >= 4 is 29.3 Å². The fourth-order valence-electron chi connectivity index (χ4n) is 5.39. The van der Waals surface area contributed by atoms with Crippen molar-refractivity contribution in [3.63, 3.8) is 0 Å². The molecule has 1 aliphatic heterocycles. The zero-order chi connectivity index (χ0) is 33.5. The Labute approximate surface area is 282 Å². The van der Waals surface area contributed by atoms with Gasteiger partial charge in [0.15, 0.2) is 11.0 Å². The number of hydrogen-bond acceptors (Lipinski definition) is 9. The average molecular weight is 663 g/mol. The van der Waals surface area contributed by atoms with Gasteiger partial charge in [0.2, 0.25) is 0 Å². The lowest BCUT2D eigenvalue weighted by atomic mass is 9.98. The molecule has 0 saturated heterocycles. The summed E-state index contributed by atoms with van der Waals surface area (Å²) in [7, 11) is 4.83. The Bertz CT molecular complexity index is 1910. The van der Waals surface area contributed by atoms with Crippen molar-refractivity contribution in [2.75, 3.05) is 27.1 Å². The third-order valence-electron chi connectivity index (χ3n) is 7.88. The number of methoxy groups -OCH3 is 3. The number of para-hydroxylation sites is 2. The van der Waals surface area contributed by atoms with Gasteiger partial charge in [-0.2, -0.15) is 5.10 Å². The second-order valence-electron chi connectivity index (χ2n) is 10.8. The molecule has 11 nitrogen and oxygen atoms in total. The van der Waals surface area contributed by atoms with Crippen molar-refractivity contribution in [2.24, 2.45) is 5.10 Å². The van der Waals surface area contributed by atoms with Crippen LogP contribution in [0.25, 0.3) is 5.69 Å². The number of carbonyl (C=O) groups is 2. The second-order valence-corrected chi connectivity index (χ2v) is 11.7. The number of carbonyl (C=O) groups excluding carboxylic acids is 2. The van der Waals surface area contributed by atoms with Crippen LogP contribution in [-0.2, 0) is 11.3 Å². The van der Waals surface area contributed by atoms with Crippen LogP contribution in [0.3, 0.4) is 0 Å². The maximum atomic E-state index is 14.0. The minimum absolute atomic E-state index is 0.0374. The van der Waals surface area contributed by atoms with Gasteiger partial charge in [0.1, 0.15) is 17.2 Å². The molecule has 1 N–H and O–H groups in total. The number of nitrogens with zero attached hydrogens (tertiary/aromatic N) is 5. The normalized spacial score (nSPS) is 13.9. The second kappa shape index (κ2) is 14.9. The van der Waals surface area contributed by atoms with Gasteiger partial charge in [-0.15, -0.1) is 10.2 Å². The van der Waals surface area contributed by atoms with E-state index in [9.17, 15) is 9.59 Å². The first kappa shape index (κ1) is 32.3. The van der Waals surface area contributed by atoms with Crippen LogP contribution in [0.2, 0.25) is 0 Å². The van der Waals surface area contributed by atoms with Crippen LogP contribution >= 0.6 is 11.8 Å². The summed E-state index contributed by atoms with van der Waals surface area (Å²) in [5, 5.41) is 18.6. The molecule has 0 spiro atoms. The summed E-state index contributed by atoms with van der Waals surface area (Å²) in [6.07, 6.45) is 0.539. The molecular weight excluding hydrogens is 629 g/mol. The molecule has 0 bridgehead atoms. The smallest absolute Gasteiger partial charge is 0.253 e. The van der Waals surface area contributed by atoms with Crippen LogP contribution in [0.4, 0.5) is 0 Å². The number of ether oxygens (including phenoxy) is 3. The quantitative estimate of drug-likeness (QED) is 0.169. The summed E-state index contributed by atoms with van der Waals surface area (Å²) in [5.74, 6) is 2.15. The van der Waals surface area contributed by atoms with E-state index in [-0.39, 0.29) is 30.2 Å². The van der Waals surface area contributed by atoms with Gasteiger partial charge in [0, 0.05) is 12.0 Å². The molecule has 0 fully saturated rings. The molecular formula is C36H34N6O5S. The largest absolute Gasteiger partial charge is 0.497 e. The van der Waals surface area contributed by atoms with Gasteiger partial charge < -0.3 is 19.5 Å². The van der Waals surface area contributed by atoms with Crippen molar-refractivity contribution in [3.05, 3.63) is 126 Å². The fraction of sp³-hybridized carbons (Fsp3) is 0.194. The van der Waals surface area contributed by atoms with E-state index in [4.69, 9.17) is 19.3 Å². The van der Waals surface area contributed by atoms with E-state index in [1.54, 1.807) is 43.0 Å². The van der Waals surface area contributed by atoms with E-state index >= 15 is 0 Å². The van der Waals surface area contributed by atoms with Crippen LogP contribution in [-0.4, -0.2) is 64.4 Å². The van der Waals surface area contributed by atoms with E-state index < -0.39 is 0 Å². The maximum Gasteiger partial charge on any atom is 0.253 e. The highest BCUT2D eigenvalue weighted by atomic mass is 32.2. The van der Waals surface area contributed by atoms with E-state index in [1.807, 2.05) is 91.0 Å². The molecule has 2 heterocycles. The van der Waals surface area contributed by atoms with Gasteiger partial charge in [0.05, 0.1) is 51.1 Å². The highest BCUT2D eigenvalue weighted by Gasteiger charge is 2.33. The Balaban J connectivity index is 1.27. The summed E-state index contributed by atoms with van der Waals surface area (Å²) in [6.45, 7) is 0.106. The van der Waals surface area contributed by atoms with E-state index in [0.717, 1.165) is 28.3 Å². The molecule has 1 aromatic heterocycles. The van der Waals surface area contributed by atoms with Crippen LogP contribution in [0.5, 0.6) is 17.2 Å². The van der Waals surface area contributed by atoms with Gasteiger partial charge in [-0.1, -0.05) is 54.2 Å². The first-order valence-corrected chi connectivity index (χ1v) is 16.2. The molecule has 0 radical (unpaired) electrons. The third-order valence-corrected chi connectivity index (χ3v) is 8.80. The molecule has 6 rings (SSSR count). The molecule has 244 valence electrons. The van der Waals surface area contributed by atoms with Gasteiger partial charge in [-0.3, -0.25) is 14.2 Å². The number of amides is 2. The standard InChI is InChI=1S/C36H34N6O5S/c1-45-27-17-13-24(14-18-27)29-21-31(25-15-19-28(46-2)20-16-25)42(40-29)34(43)23-48-36-39-38-33(22-37-35(44)26-9-5-4-6-10-26)41(36)30-11-7-8-12-32(30)47-3/h4-20,31H,21-23H2,1-3H3,(H,37,44)/t31-/m1/s1. The zero-order valence-corrected chi connectivity index (χ0v) is 27.5. The number of benzene rings is 4. The van der Waals surface area contributed by atoms with Crippen LogP contribution in [0.15, 0.2) is 113 Å². The molecule has 12 heteroatoms. The number of hydrogen-bond donors (Lipinski definition) is 1.